The fourth-order valence-corrected chi connectivity index (χ4v) is 3.56. The molecule has 0 radical (unpaired) electrons. The normalized spacial score (nSPS) is 13.9. The van der Waals surface area contributed by atoms with Gasteiger partial charge in [-0.2, -0.15) is 4.98 Å². The van der Waals surface area contributed by atoms with E-state index in [1.807, 2.05) is 34.9 Å². The van der Waals surface area contributed by atoms with E-state index in [1.54, 1.807) is 7.05 Å². The predicted molar refractivity (Wildman–Crippen MR) is 103 cm³/mol. The van der Waals surface area contributed by atoms with Crippen molar-refractivity contribution in [1.82, 2.24) is 18.7 Å². The summed E-state index contributed by atoms with van der Waals surface area (Å²) in [6.07, 6.45) is 0.920. The minimum absolute atomic E-state index is 0.297. The van der Waals surface area contributed by atoms with Gasteiger partial charge in [0, 0.05) is 33.7 Å². The zero-order valence-corrected chi connectivity index (χ0v) is 15.6. The molecule has 0 saturated heterocycles. The lowest BCUT2D eigenvalue weighted by molar-refractivity contribution is 0.126. The Balaban J connectivity index is 1.56. The van der Waals surface area contributed by atoms with Crippen LogP contribution in [0.3, 0.4) is 0 Å². The Morgan fingerprint density at radius 1 is 1.07 bits per heavy atom. The predicted octanol–water partition coefficient (Wildman–Crippen LogP) is 0.861. The van der Waals surface area contributed by atoms with E-state index in [0.29, 0.717) is 30.9 Å². The summed E-state index contributed by atoms with van der Waals surface area (Å²) in [5.41, 5.74) is 1.41. The second-order valence-electron chi connectivity index (χ2n) is 6.82. The Labute approximate surface area is 156 Å². The van der Waals surface area contributed by atoms with E-state index in [0.717, 1.165) is 35.6 Å². The maximum Gasteiger partial charge on any atom is 0.332 e. The van der Waals surface area contributed by atoms with E-state index in [4.69, 9.17) is 4.74 Å². The summed E-state index contributed by atoms with van der Waals surface area (Å²) in [5, 5.41) is 0. The van der Waals surface area contributed by atoms with E-state index in [9.17, 15) is 9.59 Å². The highest BCUT2D eigenvalue weighted by Gasteiger charge is 2.25. The van der Waals surface area contributed by atoms with Gasteiger partial charge in [-0.1, -0.05) is 30.3 Å². The minimum Gasteiger partial charge on any atom is -0.375 e. The SMILES string of the molecule is Cn1c(=O)c2c(nc3n2CCCN3CCOCc2ccccc2)n(C)c1=O. The van der Waals surface area contributed by atoms with Crippen molar-refractivity contribution in [3.05, 3.63) is 56.7 Å². The molecule has 0 bridgehead atoms. The average molecular weight is 369 g/mol. The molecule has 8 nitrogen and oxygen atoms in total. The van der Waals surface area contributed by atoms with Crippen molar-refractivity contribution in [3.63, 3.8) is 0 Å². The number of fused-ring (bicyclic) bond motifs is 3. The van der Waals surface area contributed by atoms with Gasteiger partial charge in [0.25, 0.3) is 5.56 Å². The first kappa shape index (κ1) is 17.5. The lowest BCUT2D eigenvalue weighted by atomic mass is 10.2. The highest BCUT2D eigenvalue weighted by molar-refractivity contribution is 5.74. The Kier molecular flexibility index (Phi) is 4.57. The van der Waals surface area contributed by atoms with Crippen LogP contribution in [0.25, 0.3) is 11.2 Å². The molecule has 1 aliphatic rings. The Bertz CT molecular complexity index is 1080. The number of ether oxygens (including phenoxy) is 1. The molecule has 27 heavy (non-hydrogen) atoms. The summed E-state index contributed by atoms with van der Waals surface area (Å²) >= 11 is 0. The van der Waals surface area contributed by atoms with Crippen LogP contribution in [-0.4, -0.2) is 38.4 Å². The molecule has 0 N–H and O–H groups in total. The molecule has 4 rings (SSSR count). The number of rotatable bonds is 5. The van der Waals surface area contributed by atoms with Crippen LogP contribution in [0.2, 0.25) is 0 Å². The van der Waals surface area contributed by atoms with Gasteiger partial charge < -0.3 is 14.2 Å². The van der Waals surface area contributed by atoms with Crippen molar-refractivity contribution in [1.29, 1.82) is 0 Å². The van der Waals surface area contributed by atoms with Gasteiger partial charge in [0.1, 0.15) is 0 Å². The second-order valence-corrected chi connectivity index (χ2v) is 6.82. The molecule has 1 aliphatic heterocycles. The molecule has 0 saturated carbocycles. The molecule has 0 unspecified atom stereocenters. The zero-order valence-electron chi connectivity index (χ0n) is 15.6. The summed E-state index contributed by atoms with van der Waals surface area (Å²) < 4.78 is 10.3. The van der Waals surface area contributed by atoms with Gasteiger partial charge in [-0.05, 0) is 12.0 Å². The van der Waals surface area contributed by atoms with Crippen molar-refractivity contribution in [2.45, 2.75) is 19.6 Å². The van der Waals surface area contributed by atoms with E-state index in [1.165, 1.54) is 11.6 Å². The number of aryl methyl sites for hydroxylation is 2. The van der Waals surface area contributed by atoms with E-state index >= 15 is 0 Å². The van der Waals surface area contributed by atoms with Crippen LogP contribution in [0, 0.1) is 0 Å². The standard InChI is InChI=1S/C19H23N5O3/c1-21-16-15(17(25)22(2)19(21)26)24-10-6-9-23(18(24)20-16)11-12-27-13-14-7-4-3-5-8-14/h3-5,7-8H,6,9-13H2,1-2H3. The lowest BCUT2D eigenvalue weighted by Crippen LogP contribution is -2.38. The molecule has 2 aromatic heterocycles. The van der Waals surface area contributed by atoms with Gasteiger partial charge in [0.15, 0.2) is 11.2 Å². The smallest absolute Gasteiger partial charge is 0.332 e. The van der Waals surface area contributed by atoms with Crippen LogP contribution >= 0.6 is 0 Å². The summed E-state index contributed by atoms with van der Waals surface area (Å²) in [4.78, 5) is 31.5. The van der Waals surface area contributed by atoms with Crippen LogP contribution < -0.4 is 16.1 Å². The summed E-state index contributed by atoms with van der Waals surface area (Å²) in [6, 6.07) is 10.1. The van der Waals surface area contributed by atoms with Crippen molar-refractivity contribution in [3.8, 4) is 0 Å². The summed E-state index contributed by atoms with van der Waals surface area (Å²) in [6.45, 7) is 3.40. The minimum atomic E-state index is -0.360. The average Bonchev–Trinajstić information content (AvgIpc) is 3.09. The number of anilines is 1. The van der Waals surface area contributed by atoms with E-state index in [-0.39, 0.29) is 11.2 Å². The lowest BCUT2D eigenvalue weighted by Gasteiger charge is -2.28. The Hall–Kier alpha value is -2.87. The number of hydrogen-bond donors (Lipinski definition) is 0. The van der Waals surface area contributed by atoms with Gasteiger partial charge in [0.05, 0.1) is 13.2 Å². The molecule has 0 aliphatic carbocycles. The first-order valence-corrected chi connectivity index (χ1v) is 9.11. The molecule has 0 spiro atoms. The number of benzene rings is 1. The molecule has 0 atom stereocenters. The van der Waals surface area contributed by atoms with Gasteiger partial charge in [-0.25, -0.2) is 4.79 Å². The third kappa shape index (κ3) is 3.06. The first-order valence-electron chi connectivity index (χ1n) is 9.11. The number of nitrogens with zero attached hydrogens (tertiary/aromatic N) is 5. The number of hydrogen-bond acceptors (Lipinski definition) is 5. The van der Waals surface area contributed by atoms with E-state index < -0.39 is 0 Å². The molecular weight excluding hydrogens is 346 g/mol. The van der Waals surface area contributed by atoms with Gasteiger partial charge in [-0.3, -0.25) is 13.9 Å². The third-order valence-corrected chi connectivity index (χ3v) is 5.04. The van der Waals surface area contributed by atoms with Crippen molar-refractivity contribution < 1.29 is 4.74 Å². The highest BCUT2D eigenvalue weighted by atomic mass is 16.5. The Morgan fingerprint density at radius 2 is 1.85 bits per heavy atom. The molecule has 0 amide bonds. The summed E-state index contributed by atoms with van der Waals surface area (Å²) in [5.74, 6) is 0.734. The topological polar surface area (TPSA) is 74.3 Å². The van der Waals surface area contributed by atoms with Gasteiger partial charge in [-0.15, -0.1) is 0 Å². The van der Waals surface area contributed by atoms with Crippen molar-refractivity contribution >= 4 is 17.1 Å². The molecule has 3 aromatic rings. The number of aromatic nitrogens is 4. The monoisotopic (exact) mass is 369 g/mol. The van der Waals surface area contributed by atoms with Crippen molar-refractivity contribution in [2.24, 2.45) is 14.1 Å². The zero-order chi connectivity index (χ0) is 19.0. The summed E-state index contributed by atoms with van der Waals surface area (Å²) in [7, 11) is 3.15. The molecule has 1 aromatic carbocycles. The maximum atomic E-state index is 12.6. The van der Waals surface area contributed by atoms with Gasteiger partial charge in [0.2, 0.25) is 5.95 Å². The first-order chi connectivity index (χ1) is 13.1. The number of imidazole rings is 1. The largest absolute Gasteiger partial charge is 0.375 e. The molecule has 0 fully saturated rings. The molecule has 142 valence electrons. The van der Waals surface area contributed by atoms with E-state index in [2.05, 4.69) is 9.88 Å². The highest BCUT2D eigenvalue weighted by Crippen LogP contribution is 2.23. The molecule has 3 heterocycles. The maximum absolute atomic E-state index is 12.6. The molecular formula is C19H23N5O3. The van der Waals surface area contributed by atoms with Crippen LogP contribution in [0.5, 0.6) is 0 Å². The van der Waals surface area contributed by atoms with Crippen LogP contribution in [0.15, 0.2) is 39.9 Å². The quantitative estimate of drug-likeness (QED) is 0.624. The van der Waals surface area contributed by atoms with Crippen LogP contribution in [0.4, 0.5) is 5.95 Å². The Morgan fingerprint density at radius 3 is 2.63 bits per heavy atom. The van der Waals surface area contributed by atoms with Crippen LogP contribution in [0.1, 0.15) is 12.0 Å². The molecule has 8 heteroatoms. The van der Waals surface area contributed by atoms with Crippen LogP contribution in [-0.2, 0) is 32.0 Å². The second kappa shape index (κ2) is 7.03. The third-order valence-electron chi connectivity index (χ3n) is 5.04. The fourth-order valence-electron chi connectivity index (χ4n) is 3.56. The fraction of sp³-hybridized carbons (Fsp3) is 0.421. The van der Waals surface area contributed by atoms with Crippen molar-refractivity contribution in [2.75, 3.05) is 24.6 Å². The van der Waals surface area contributed by atoms with Gasteiger partial charge >= 0.3 is 5.69 Å².